The number of carbonyl (C=O) groups excluding carboxylic acids is 2. The second-order valence-electron chi connectivity index (χ2n) is 7.77. The van der Waals surface area contributed by atoms with Crippen LogP contribution in [0.15, 0.2) is 11.1 Å². The number of aliphatic hydroxyl groups is 2. The largest absolute Gasteiger partial charge is 0.480 e. The van der Waals surface area contributed by atoms with E-state index in [1.165, 1.54) is 0 Å². The number of thiol groups is 1. The Bertz CT molecular complexity index is 1310. The first-order valence-corrected chi connectivity index (χ1v) is 14.4. The molecule has 3 rings (SSSR count). The molecule has 0 saturated carbocycles. The van der Waals surface area contributed by atoms with Crippen molar-refractivity contribution in [2.24, 2.45) is 0 Å². The van der Waals surface area contributed by atoms with E-state index in [0.29, 0.717) is 0 Å². The Hall–Kier alpha value is -2.71. The van der Waals surface area contributed by atoms with Gasteiger partial charge in [-0.15, -0.1) is 0 Å². The number of hydrogen-bond acceptors (Lipinski definition) is 14. The van der Waals surface area contributed by atoms with Crippen molar-refractivity contribution in [1.82, 2.24) is 30.2 Å². The molecule has 1 aliphatic rings. The number of nitrogens with two attached hydrogens (primary N) is 1. The fourth-order valence-corrected chi connectivity index (χ4v) is 5.57. The van der Waals surface area contributed by atoms with Crippen molar-refractivity contribution in [3.63, 3.8) is 0 Å². The quantitative estimate of drug-likeness (QED) is 0.0859. The van der Waals surface area contributed by atoms with Crippen LogP contribution in [-0.2, 0) is 28.2 Å². The van der Waals surface area contributed by atoms with Gasteiger partial charge in [-0.2, -0.15) is 17.6 Å². The number of carboxylic acids is 1. The van der Waals surface area contributed by atoms with Gasteiger partial charge in [0.25, 0.3) is 5.56 Å². The first kappa shape index (κ1) is 29.8. The van der Waals surface area contributed by atoms with E-state index in [0.717, 1.165) is 10.9 Å². The van der Waals surface area contributed by atoms with Crippen LogP contribution in [0.4, 0.5) is 5.95 Å². The average Bonchev–Trinajstić information content (AvgIpc) is 3.39. The Balaban J connectivity index is 1.54. The molecule has 1 aliphatic heterocycles. The lowest BCUT2D eigenvalue weighted by Gasteiger charge is -2.18. The summed E-state index contributed by atoms with van der Waals surface area (Å²) < 4.78 is 24.0. The number of rotatable bonds is 12. The number of aliphatic carboxylic acids is 1. The number of carboxylic acid groups (broad SMARTS) is 1. The van der Waals surface area contributed by atoms with E-state index in [2.05, 4.69) is 38.2 Å². The van der Waals surface area contributed by atoms with E-state index in [9.17, 15) is 38.8 Å². The van der Waals surface area contributed by atoms with Crippen molar-refractivity contribution in [2.75, 3.05) is 30.4 Å². The van der Waals surface area contributed by atoms with Crippen LogP contribution in [0.1, 0.15) is 6.23 Å². The van der Waals surface area contributed by atoms with Crippen LogP contribution in [0, 0.1) is 0 Å². The second kappa shape index (κ2) is 12.4. The number of aromatic amines is 1. The standard InChI is InChI=1S/C17H24N7O11PS2/c18-17-22-13-10(15(31)23-17)20-5-24(13)16-12(29)11(28)7(35-16)2-34-36(32,33)38-4-8(25)21-6(3-37)14(30)19-1-9(26)27/h5-7,11-12,16,28-29,37H,1-4H2,(H,19,30)(H,21,25)(H,26,27)(H,32,33)(H3,18,22,23,31)/t6-,7+,11+,12+,16+/m0/s1. The molecule has 0 radical (unpaired) electrons. The third kappa shape index (κ3) is 7.23. The molecule has 38 heavy (non-hydrogen) atoms. The van der Waals surface area contributed by atoms with Crippen molar-refractivity contribution in [3.05, 3.63) is 16.7 Å². The Morgan fingerprint density at radius 2 is 2.08 bits per heavy atom. The van der Waals surface area contributed by atoms with Crippen molar-refractivity contribution < 1.29 is 48.4 Å². The average molecular weight is 598 g/mol. The molecule has 18 nitrogen and oxygen atoms in total. The highest BCUT2D eigenvalue weighted by molar-refractivity contribution is 8.55. The van der Waals surface area contributed by atoms with Gasteiger partial charge in [0.1, 0.15) is 30.9 Å². The number of carbonyl (C=O) groups is 3. The highest BCUT2D eigenvalue weighted by Crippen LogP contribution is 2.55. The molecule has 0 aliphatic carbocycles. The smallest absolute Gasteiger partial charge is 0.387 e. The van der Waals surface area contributed by atoms with E-state index in [-0.39, 0.29) is 34.2 Å². The number of imidazole rings is 1. The zero-order chi connectivity index (χ0) is 28.2. The molecule has 0 spiro atoms. The van der Waals surface area contributed by atoms with E-state index in [1.807, 2.05) is 0 Å². The maximum absolute atomic E-state index is 12.4. The van der Waals surface area contributed by atoms with Gasteiger partial charge in [0.05, 0.1) is 18.7 Å². The fraction of sp³-hybridized carbons (Fsp3) is 0.529. The van der Waals surface area contributed by atoms with E-state index in [1.54, 1.807) is 0 Å². The summed E-state index contributed by atoms with van der Waals surface area (Å²) in [6, 6.07) is -1.19. The van der Waals surface area contributed by atoms with Crippen molar-refractivity contribution in [1.29, 1.82) is 0 Å². The van der Waals surface area contributed by atoms with E-state index >= 15 is 0 Å². The Kier molecular flexibility index (Phi) is 9.76. The number of nitrogen functional groups attached to an aromatic ring is 1. The van der Waals surface area contributed by atoms with Crippen LogP contribution >= 0.6 is 30.8 Å². The lowest BCUT2D eigenvalue weighted by molar-refractivity contribution is -0.138. The van der Waals surface area contributed by atoms with Crippen molar-refractivity contribution in [2.45, 2.75) is 30.6 Å². The minimum atomic E-state index is -4.49. The Labute approximate surface area is 222 Å². The van der Waals surface area contributed by atoms with Gasteiger partial charge in [-0.3, -0.25) is 33.3 Å². The maximum atomic E-state index is 12.4. The van der Waals surface area contributed by atoms with Gasteiger partial charge in [0.15, 0.2) is 17.4 Å². The highest BCUT2D eigenvalue weighted by atomic mass is 32.7. The Morgan fingerprint density at radius 3 is 2.74 bits per heavy atom. The third-order valence-corrected chi connectivity index (χ3v) is 8.31. The summed E-state index contributed by atoms with van der Waals surface area (Å²) in [6.07, 6.45) is -4.59. The Morgan fingerprint density at radius 1 is 1.37 bits per heavy atom. The fourth-order valence-electron chi connectivity index (χ4n) is 3.29. The minimum absolute atomic E-state index is 0.0328. The minimum Gasteiger partial charge on any atom is -0.480 e. The van der Waals surface area contributed by atoms with Crippen LogP contribution in [0.3, 0.4) is 0 Å². The summed E-state index contributed by atoms with van der Waals surface area (Å²) in [5, 5.41) is 33.7. The van der Waals surface area contributed by atoms with Crippen LogP contribution in [0.25, 0.3) is 11.2 Å². The SMILES string of the molecule is Nc1nc2c(ncn2[C@@H]2O[C@H](COP(=O)(O)SCC(=O)N[C@@H](CS)C(=O)NCC(=O)O)[C@@H](O)[C@H]2O)c(=O)[nH]1. The summed E-state index contributed by atoms with van der Waals surface area (Å²) in [6.45, 7) is -5.82. The van der Waals surface area contributed by atoms with Crippen LogP contribution in [0.2, 0.25) is 0 Å². The first-order valence-electron chi connectivity index (χ1n) is 10.6. The molecule has 6 atom stereocenters. The number of amides is 2. The predicted octanol–water partition coefficient (Wildman–Crippen LogP) is -3.21. The van der Waals surface area contributed by atoms with E-state index in [4.69, 9.17) is 20.1 Å². The molecule has 0 bridgehead atoms. The molecule has 2 aromatic heterocycles. The zero-order valence-corrected chi connectivity index (χ0v) is 21.8. The number of nitrogens with one attached hydrogen (secondary N) is 3. The van der Waals surface area contributed by atoms with Crippen molar-refractivity contribution >= 4 is 65.7 Å². The number of fused-ring (bicyclic) bond motifs is 1. The van der Waals surface area contributed by atoms with E-state index < -0.39 is 79.6 Å². The number of ether oxygens (including phenoxy) is 1. The van der Waals surface area contributed by atoms with Gasteiger partial charge in [0, 0.05) is 5.75 Å². The summed E-state index contributed by atoms with van der Waals surface area (Å²) in [5.41, 5.74) is 4.78. The van der Waals surface area contributed by atoms with Gasteiger partial charge in [0.2, 0.25) is 17.8 Å². The molecule has 1 fully saturated rings. The second-order valence-corrected chi connectivity index (χ2v) is 12.0. The highest BCUT2D eigenvalue weighted by Gasteiger charge is 2.45. The molecule has 210 valence electrons. The van der Waals surface area contributed by atoms with Crippen LogP contribution in [0.5, 0.6) is 0 Å². The number of aliphatic hydroxyl groups excluding tert-OH is 2. The number of nitrogens with zero attached hydrogens (tertiary/aromatic N) is 3. The molecule has 2 amide bonds. The third-order valence-electron chi connectivity index (χ3n) is 5.07. The topological polar surface area (TPSA) is 281 Å². The molecular weight excluding hydrogens is 573 g/mol. The van der Waals surface area contributed by atoms with Gasteiger partial charge in [-0.05, 0) is 11.4 Å². The number of aromatic nitrogens is 4. The van der Waals surface area contributed by atoms with Crippen LogP contribution in [-0.4, -0.2) is 107 Å². The molecule has 21 heteroatoms. The monoisotopic (exact) mass is 597 g/mol. The normalized spacial score (nSPS) is 23.6. The zero-order valence-electron chi connectivity index (χ0n) is 19.2. The molecular formula is C17H24N7O11PS2. The number of anilines is 1. The van der Waals surface area contributed by atoms with Gasteiger partial charge < -0.3 is 41.3 Å². The van der Waals surface area contributed by atoms with Gasteiger partial charge in [-0.1, -0.05) is 0 Å². The lowest BCUT2D eigenvalue weighted by atomic mass is 10.1. The summed E-state index contributed by atoms with van der Waals surface area (Å²) in [7, 11) is 0. The molecule has 0 aromatic carbocycles. The molecule has 2 aromatic rings. The lowest BCUT2D eigenvalue weighted by Crippen LogP contribution is -2.49. The molecule has 1 unspecified atom stereocenters. The maximum Gasteiger partial charge on any atom is 0.387 e. The summed E-state index contributed by atoms with van der Waals surface area (Å²) in [5.74, 6) is -3.94. The molecule has 3 heterocycles. The number of hydrogen-bond donors (Lipinski definition) is 9. The summed E-state index contributed by atoms with van der Waals surface area (Å²) >= 11 is 4.12. The predicted molar refractivity (Wildman–Crippen MR) is 133 cm³/mol. The summed E-state index contributed by atoms with van der Waals surface area (Å²) in [4.78, 5) is 66.6. The molecule has 9 N–H and O–H groups in total. The number of H-pyrrole nitrogens is 1. The first-order chi connectivity index (χ1) is 17.8. The van der Waals surface area contributed by atoms with Crippen LogP contribution < -0.4 is 21.9 Å². The van der Waals surface area contributed by atoms with Gasteiger partial charge >= 0.3 is 12.8 Å². The van der Waals surface area contributed by atoms with Crippen molar-refractivity contribution in [3.8, 4) is 0 Å². The van der Waals surface area contributed by atoms with Gasteiger partial charge in [-0.25, -0.2) is 9.55 Å². The molecule has 1 saturated heterocycles.